The highest BCUT2D eigenvalue weighted by Crippen LogP contribution is 2.17. The molecule has 4 heteroatoms. The van der Waals surface area contributed by atoms with Gasteiger partial charge in [0.2, 0.25) is 5.91 Å². The summed E-state index contributed by atoms with van der Waals surface area (Å²) in [6.07, 6.45) is 0.254. The molecule has 1 N–H and O–H groups in total. The van der Waals surface area contributed by atoms with Crippen LogP contribution in [0.15, 0.2) is 47.4 Å². The summed E-state index contributed by atoms with van der Waals surface area (Å²) >= 11 is 4.18. The number of anilines is 1. The van der Waals surface area contributed by atoms with E-state index in [0.29, 0.717) is 11.3 Å². The maximum atomic E-state index is 13.3. The third-order valence-corrected chi connectivity index (χ3v) is 3.14. The molecule has 2 aromatic carbocycles. The number of hydrogen-bond donors (Lipinski definition) is 2. The van der Waals surface area contributed by atoms with Gasteiger partial charge in [-0.25, -0.2) is 4.39 Å². The molecule has 0 radical (unpaired) electrons. The number of carbonyl (C=O) groups excluding carboxylic acids is 1. The summed E-state index contributed by atoms with van der Waals surface area (Å²) in [6, 6.07) is 12.0. The minimum atomic E-state index is -0.322. The van der Waals surface area contributed by atoms with Crippen LogP contribution < -0.4 is 5.32 Å². The van der Waals surface area contributed by atoms with E-state index in [1.54, 1.807) is 19.1 Å². The fourth-order valence-electron chi connectivity index (χ4n) is 1.74. The van der Waals surface area contributed by atoms with Crippen molar-refractivity contribution in [2.75, 3.05) is 5.32 Å². The molecule has 0 aliphatic carbocycles. The first kappa shape index (κ1) is 13.6. The number of benzene rings is 2. The zero-order valence-electron chi connectivity index (χ0n) is 10.5. The lowest BCUT2D eigenvalue weighted by atomic mass is 10.1. The summed E-state index contributed by atoms with van der Waals surface area (Å²) in [5.41, 5.74) is 1.85. The van der Waals surface area contributed by atoms with Crippen LogP contribution in [0, 0.1) is 12.7 Å². The van der Waals surface area contributed by atoms with E-state index in [2.05, 4.69) is 17.9 Å². The van der Waals surface area contributed by atoms with Gasteiger partial charge in [-0.3, -0.25) is 4.79 Å². The first-order valence-electron chi connectivity index (χ1n) is 5.89. The Bertz CT molecular complexity index is 596. The molecule has 2 nitrogen and oxygen atoms in total. The van der Waals surface area contributed by atoms with Gasteiger partial charge in [0.05, 0.1) is 6.42 Å². The van der Waals surface area contributed by atoms with Gasteiger partial charge in [0.25, 0.3) is 0 Å². The Morgan fingerprint density at radius 3 is 2.58 bits per heavy atom. The van der Waals surface area contributed by atoms with Gasteiger partial charge in [0.15, 0.2) is 0 Å². The molecule has 19 heavy (non-hydrogen) atoms. The molecule has 0 saturated carbocycles. The molecule has 98 valence electrons. The van der Waals surface area contributed by atoms with Crippen LogP contribution in [0.5, 0.6) is 0 Å². The van der Waals surface area contributed by atoms with Crippen LogP contribution in [0.25, 0.3) is 0 Å². The molecule has 1 amide bonds. The molecule has 0 saturated heterocycles. The Morgan fingerprint density at radius 1 is 1.21 bits per heavy atom. The van der Waals surface area contributed by atoms with E-state index in [1.807, 2.05) is 24.3 Å². The summed E-state index contributed by atoms with van der Waals surface area (Å²) < 4.78 is 13.3. The van der Waals surface area contributed by atoms with Gasteiger partial charge in [-0.2, -0.15) is 0 Å². The average molecular weight is 275 g/mol. The molecule has 0 atom stereocenters. The van der Waals surface area contributed by atoms with E-state index < -0.39 is 0 Å². The minimum Gasteiger partial charge on any atom is -0.325 e. The van der Waals surface area contributed by atoms with Crippen LogP contribution in [0.4, 0.5) is 10.1 Å². The zero-order valence-corrected chi connectivity index (χ0v) is 11.4. The standard InChI is InChI=1S/C15H14FNOS/c1-10-13(16)3-2-4-14(10)17-15(18)9-11-5-7-12(19)8-6-11/h2-8,19H,9H2,1H3,(H,17,18). The van der Waals surface area contributed by atoms with Gasteiger partial charge in [0, 0.05) is 16.1 Å². The highest BCUT2D eigenvalue weighted by Gasteiger charge is 2.08. The molecule has 2 rings (SSSR count). The summed E-state index contributed by atoms with van der Waals surface area (Å²) in [7, 11) is 0. The highest BCUT2D eigenvalue weighted by atomic mass is 32.1. The number of carbonyl (C=O) groups is 1. The normalized spacial score (nSPS) is 10.3. The van der Waals surface area contributed by atoms with Crippen LogP contribution in [0.3, 0.4) is 0 Å². The van der Waals surface area contributed by atoms with Gasteiger partial charge < -0.3 is 5.32 Å². The second-order valence-corrected chi connectivity index (χ2v) is 4.82. The Balaban J connectivity index is 2.05. The van der Waals surface area contributed by atoms with Crippen molar-refractivity contribution in [1.82, 2.24) is 0 Å². The summed E-state index contributed by atoms with van der Waals surface area (Å²) in [4.78, 5) is 12.7. The van der Waals surface area contributed by atoms with Gasteiger partial charge in [-0.1, -0.05) is 18.2 Å². The number of nitrogens with one attached hydrogen (secondary N) is 1. The predicted octanol–water partition coefficient (Wildman–Crippen LogP) is 3.60. The first-order valence-corrected chi connectivity index (χ1v) is 6.34. The van der Waals surface area contributed by atoms with Gasteiger partial charge in [-0.05, 0) is 36.8 Å². The van der Waals surface area contributed by atoms with Crippen LogP contribution >= 0.6 is 12.6 Å². The largest absolute Gasteiger partial charge is 0.325 e. The van der Waals surface area contributed by atoms with E-state index in [4.69, 9.17) is 0 Å². The SMILES string of the molecule is Cc1c(F)cccc1NC(=O)Cc1ccc(S)cc1. The van der Waals surface area contributed by atoms with Crippen molar-refractivity contribution in [2.24, 2.45) is 0 Å². The monoisotopic (exact) mass is 275 g/mol. The lowest BCUT2D eigenvalue weighted by Gasteiger charge is -2.09. The maximum Gasteiger partial charge on any atom is 0.228 e. The number of thiol groups is 1. The quantitative estimate of drug-likeness (QED) is 0.823. The van der Waals surface area contributed by atoms with E-state index in [-0.39, 0.29) is 18.1 Å². The lowest BCUT2D eigenvalue weighted by molar-refractivity contribution is -0.115. The van der Waals surface area contributed by atoms with Crippen LogP contribution in [-0.4, -0.2) is 5.91 Å². The average Bonchev–Trinajstić information content (AvgIpc) is 2.38. The number of rotatable bonds is 3. The first-order chi connectivity index (χ1) is 9.06. The minimum absolute atomic E-state index is 0.166. The van der Waals surface area contributed by atoms with Crippen molar-refractivity contribution >= 4 is 24.2 Å². The second kappa shape index (κ2) is 5.89. The third-order valence-electron chi connectivity index (χ3n) is 2.84. The van der Waals surface area contributed by atoms with Crippen molar-refractivity contribution in [3.63, 3.8) is 0 Å². The molecule has 0 aliphatic heterocycles. The van der Waals surface area contributed by atoms with Gasteiger partial charge in [0.1, 0.15) is 5.82 Å². The molecule has 0 aliphatic rings. The van der Waals surface area contributed by atoms with Crippen LogP contribution in [0.2, 0.25) is 0 Å². The van der Waals surface area contributed by atoms with Crippen molar-refractivity contribution in [3.05, 3.63) is 59.4 Å². The van der Waals surface area contributed by atoms with Crippen molar-refractivity contribution in [3.8, 4) is 0 Å². The van der Waals surface area contributed by atoms with Gasteiger partial charge in [-0.15, -0.1) is 12.6 Å². The second-order valence-electron chi connectivity index (χ2n) is 4.30. The topological polar surface area (TPSA) is 29.1 Å². The molecule has 0 spiro atoms. The summed E-state index contributed by atoms with van der Waals surface area (Å²) in [6.45, 7) is 1.64. The molecule has 0 unspecified atom stereocenters. The molecule has 0 heterocycles. The van der Waals surface area contributed by atoms with Crippen LogP contribution in [0.1, 0.15) is 11.1 Å². The summed E-state index contributed by atoms with van der Waals surface area (Å²) in [5.74, 6) is -0.488. The fourth-order valence-corrected chi connectivity index (χ4v) is 1.89. The lowest BCUT2D eigenvalue weighted by Crippen LogP contribution is -2.15. The molecule has 0 aromatic heterocycles. The number of hydrogen-bond acceptors (Lipinski definition) is 2. The zero-order chi connectivity index (χ0) is 13.8. The molecular formula is C15H14FNOS. The number of amides is 1. The molecule has 0 fully saturated rings. The Morgan fingerprint density at radius 2 is 1.89 bits per heavy atom. The molecular weight excluding hydrogens is 261 g/mol. The Hall–Kier alpha value is -1.81. The van der Waals surface area contributed by atoms with E-state index in [9.17, 15) is 9.18 Å². The van der Waals surface area contributed by atoms with Crippen molar-refractivity contribution < 1.29 is 9.18 Å². The molecule has 2 aromatic rings. The Kier molecular flexibility index (Phi) is 4.22. The maximum absolute atomic E-state index is 13.3. The van der Waals surface area contributed by atoms with E-state index in [1.165, 1.54) is 6.07 Å². The van der Waals surface area contributed by atoms with Crippen molar-refractivity contribution in [1.29, 1.82) is 0 Å². The van der Waals surface area contributed by atoms with Gasteiger partial charge >= 0.3 is 0 Å². The Labute approximate surface area is 117 Å². The van der Waals surface area contributed by atoms with Crippen LogP contribution in [-0.2, 0) is 11.2 Å². The fraction of sp³-hybridized carbons (Fsp3) is 0.133. The van der Waals surface area contributed by atoms with E-state index in [0.717, 1.165) is 10.5 Å². The van der Waals surface area contributed by atoms with E-state index >= 15 is 0 Å². The number of halogens is 1. The smallest absolute Gasteiger partial charge is 0.228 e. The highest BCUT2D eigenvalue weighted by molar-refractivity contribution is 7.80. The third kappa shape index (κ3) is 3.58. The summed E-state index contributed by atoms with van der Waals surface area (Å²) in [5, 5.41) is 2.72. The molecule has 0 bridgehead atoms. The predicted molar refractivity (Wildman–Crippen MR) is 77.2 cm³/mol. The van der Waals surface area contributed by atoms with Crippen molar-refractivity contribution in [2.45, 2.75) is 18.2 Å².